The van der Waals surface area contributed by atoms with Gasteiger partial charge >= 0.3 is 12.3 Å². The number of nitrogens with one attached hydrogen (secondary N) is 1. The number of benzene rings is 1. The summed E-state index contributed by atoms with van der Waals surface area (Å²) in [6.45, 7) is 0.0384. The summed E-state index contributed by atoms with van der Waals surface area (Å²) >= 11 is 0. The fraction of sp³-hybridized carbons (Fsp3) is 0.500. The summed E-state index contributed by atoms with van der Waals surface area (Å²) in [5, 5.41) is 13.6. The van der Waals surface area contributed by atoms with Gasteiger partial charge in [0, 0.05) is 25.1 Å². The Hall–Kier alpha value is -2.85. The number of alkyl halides is 3. The molecule has 2 amide bonds. The quantitative estimate of drug-likeness (QED) is 0.629. The number of halogens is 3. The van der Waals surface area contributed by atoms with Crippen LogP contribution in [0.1, 0.15) is 18.4 Å². The zero-order valence-electron chi connectivity index (χ0n) is 14.4. The molecule has 1 aromatic carbocycles. The smallest absolute Gasteiger partial charge is 0.422 e. The molecule has 11 heteroatoms. The highest BCUT2D eigenvalue weighted by Gasteiger charge is 2.33. The van der Waals surface area contributed by atoms with Crippen molar-refractivity contribution in [2.45, 2.75) is 25.9 Å². The van der Waals surface area contributed by atoms with E-state index in [1.165, 1.54) is 19.1 Å². The average Bonchev–Trinajstić information content (AvgIpc) is 2.60. The molecule has 1 fully saturated rings. The summed E-state index contributed by atoms with van der Waals surface area (Å²) in [5.74, 6) is -0.822. The Labute approximate surface area is 152 Å². The molecule has 1 heterocycles. The summed E-state index contributed by atoms with van der Waals surface area (Å²) in [7, 11) is 0. The van der Waals surface area contributed by atoms with Crippen LogP contribution in [0, 0.1) is 23.0 Å². The van der Waals surface area contributed by atoms with Crippen LogP contribution in [0.3, 0.4) is 0 Å². The van der Waals surface area contributed by atoms with E-state index in [0.717, 1.165) is 4.90 Å². The van der Waals surface area contributed by atoms with E-state index in [2.05, 4.69) is 10.1 Å². The second-order valence-electron chi connectivity index (χ2n) is 6.13. The number of likely N-dealkylation sites (tertiary alicyclic amines) is 1. The summed E-state index contributed by atoms with van der Waals surface area (Å²) in [6.07, 6.45) is -5.16. The number of amides is 2. The number of hydrogen-bond donors (Lipinski definition) is 1. The van der Waals surface area contributed by atoms with Crippen molar-refractivity contribution in [3.63, 3.8) is 0 Å². The maximum atomic E-state index is 12.4. The number of nitro benzene ring substituents is 1. The topological polar surface area (TPSA) is 102 Å². The van der Waals surface area contributed by atoms with Gasteiger partial charge in [-0.15, -0.1) is 0 Å². The van der Waals surface area contributed by atoms with Crippen LogP contribution in [-0.4, -0.2) is 47.7 Å². The highest BCUT2D eigenvalue weighted by Crippen LogP contribution is 2.27. The molecule has 1 aliphatic rings. The van der Waals surface area contributed by atoms with Crippen LogP contribution in [0.5, 0.6) is 0 Å². The normalized spacial score (nSPS) is 15.3. The number of carbonyl (C=O) groups is 2. The number of rotatable bonds is 4. The summed E-state index contributed by atoms with van der Waals surface area (Å²) in [6, 6.07) is 4.33. The van der Waals surface area contributed by atoms with Gasteiger partial charge in [0.15, 0.2) is 6.61 Å². The second-order valence-corrected chi connectivity index (χ2v) is 6.13. The van der Waals surface area contributed by atoms with Crippen molar-refractivity contribution in [2.24, 2.45) is 5.92 Å². The minimum Gasteiger partial charge on any atom is -0.440 e. The fourth-order valence-corrected chi connectivity index (χ4v) is 2.75. The zero-order valence-corrected chi connectivity index (χ0v) is 14.4. The van der Waals surface area contributed by atoms with Crippen LogP contribution in [-0.2, 0) is 9.53 Å². The first-order chi connectivity index (χ1) is 12.6. The predicted molar refractivity (Wildman–Crippen MR) is 88.2 cm³/mol. The molecule has 8 nitrogen and oxygen atoms in total. The van der Waals surface area contributed by atoms with Crippen LogP contribution in [0.25, 0.3) is 0 Å². The molecular weight excluding hydrogens is 371 g/mol. The van der Waals surface area contributed by atoms with Crippen LogP contribution >= 0.6 is 0 Å². The van der Waals surface area contributed by atoms with Crippen LogP contribution in [0.4, 0.5) is 29.3 Å². The predicted octanol–water partition coefficient (Wildman–Crippen LogP) is 3.25. The Morgan fingerprint density at radius 3 is 2.52 bits per heavy atom. The fourth-order valence-electron chi connectivity index (χ4n) is 2.75. The highest BCUT2D eigenvalue weighted by molar-refractivity contribution is 5.94. The molecule has 0 aliphatic carbocycles. The molecule has 0 atom stereocenters. The summed E-state index contributed by atoms with van der Waals surface area (Å²) in [4.78, 5) is 35.5. The Morgan fingerprint density at radius 1 is 1.33 bits per heavy atom. The van der Waals surface area contributed by atoms with Crippen molar-refractivity contribution in [1.82, 2.24) is 4.90 Å². The number of nitrogens with zero attached hydrogens (tertiary/aromatic N) is 2. The first-order valence-electron chi connectivity index (χ1n) is 8.12. The van der Waals surface area contributed by atoms with Gasteiger partial charge in [0.2, 0.25) is 5.91 Å². The second kappa shape index (κ2) is 8.23. The Kier molecular flexibility index (Phi) is 6.24. The van der Waals surface area contributed by atoms with Gasteiger partial charge in [-0.3, -0.25) is 14.9 Å². The molecule has 2 rings (SSSR count). The maximum absolute atomic E-state index is 12.4. The molecule has 0 saturated carbocycles. The SMILES string of the molecule is Cc1c(NC(=O)C2CCN(C(=O)OCC(F)(F)F)CC2)cccc1[N+](=O)[O-]. The lowest BCUT2D eigenvalue weighted by Gasteiger charge is -2.30. The molecule has 27 heavy (non-hydrogen) atoms. The standard InChI is InChI=1S/C16H18F3N3O5/c1-10-12(3-2-4-13(10)22(25)26)20-14(23)11-5-7-21(8-6-11)15(24)27-9-16(17,18)19/h2-4,11H,5-9H2,1H3,(H,20,23). The van der Waals surface area contributed by atoms with Crippen molar-refractivity contribution in [3.05, 3.63) is 33.9 Å². The molecule has 0 spiro atoms. The Balaban J connectivity index is 1.89. The van der Waals surface area contributed by atoms with Gasteiger partial charge in [-0.2, -0.15) is 13.2 Å². The van der Waals surface area contributed by atoms with E-state index in [4.69, 9.17) is 0 Å². The molecule has 1 aromatic rings. The average molecular weight is 389 g/mol. The van der Waals surface area contributed by atoms with Crippen molar-refractivity contribution in [3.8, 4) is 0 Å². The van der Waals surface area contributed by atoms with E-state index < -0.39 is 29.7 Å². The highest BCUT2D eigenvalue weighted by atomic mass is 19.4. The molecule has 0 aromatic heterocycles. The van der Waals surface area contributed by atoms with Gasteiger partial charge in [0.25, 0.3) is 5.69 Å². The molecule has 1 aliphatic heterocycles. The molecule has 0 bridgehead atoms. The maximum Gasteiger partial charge on any atom is 0.422 e. The van der Waals surface area contributed by atoms with Crippen molar-refractivity contribution >= 4 is 23.4 Å². The lowest BCUT2D eigenvalue weighted by atomic mass is 9.96. The van der Waals surface area contributed by atoms with E-state index in [1.807, 2.05) is 0 Å². The van der Waals surface area contributed by atoms with E-state index in [-0.39, 0.29) is 37.5 Å². The van der Waals surface area contributed by atoms with E-state index in [0.29, 0.717) is 11.3 Å². The van der Waals surface area contributed by atoms with Gasteiger partial charge in [-0.05, 0) is 25.8 Å². The third-order valence-corrected chi connectivity index (χ3v) is 4.24. The van der Waals surface area contributed by atoms with E-state index in [9.17, 15) is 32.9 Å². The third kappa shape index (κ3) is 5.56. The van der Waals surface area contributed by atoms with Crippen molar-refractivity contribution in [1.29, 1.82) is 0 Å². The minimum absolute atomic E-state index is 0.0860. The summed E-state index contributed by atoms with van der Waals surface area (Å²) < 4.78 is 40.4. The number of piperidine rings is 1. The van der Waals surface area contributed by atoms with Crippen LogP contribution in [0.15, 0.2) is 18.2 Å². The molecule has 1 N–H and O–H groups in total. The lowest BCUT2D eigenvalue weighted by molar-refractivity contribution is -0.385. The van der Waals surface area contributed by atoms with Crippen molar-refractivity contribution in [2.75, 3.05) is 25.0 Å². The lowest BCUT2D eigenvalue weighted by Crippen LogP contribution is -2.42. The van der Waals surface area contributed by atoms with Gasteiger partial charge in [0.05, 0.1) is 16.2 Å². The number of hydrogen-bond acceptors (Lipinski definition) is 5. The largest absolute Gasteiger partial charge is 0.440 e. The number of anilines is 1. The van der Waals surface area contributed by atoms with Gasteiger partial charge in [-0.1, -0.05) is 6.07 Å². The van der Waals surface area contributed by atoms with Crippen LogP contribution < -0.4 is 5.32 Å². The number of nitro groups is 1. The van der Waals surface area contributed by atoms with Gasteiger partial charge in [-0.25, -0.2) is 4.79 Å². The zero-order chi connectivity index (χ0) is 20.2. The minimum atomic E-state index is -4.59. The first kappa shape index (κ1) is 20.5. The molecule has 0 radical (unpaired) electrons. The first-order valence-corrected chi connectivity index (χ1v) is 8.12. The Morgan fingerprint density at radius 2 is 1.96 bits per heavy atom. The van der Waals surface area contributed by atoms with Crippen molar-refractivity contribution < 1.29 is 32.4 Å². The van der Waals surface area contributed by atoms with Gasteiger partial charge < -0.3 is 15.0 Å². The molecule has 148 valence electrons. The van der Waals surface area contributed by atoms with E-state index in [1.54, 1.807) is 6.07 Å². The van der Waals surface area contributed by atoms with Gasteiger partial charge in [0.1, 0.15) is 0 Å². The summed E-state index contributed by atoms with van der Waals surface area (Å²) in [5.41, 5.74) is 0.528. The van der Waals surface area contributed by atoms with E-state index >= 15 is 0 Å². The number of ether oxygens (including phenoxy) is 1. The Bertz CT molecular complexity index is 731. The molecule has 0 unspecified atom stereocenters. The van der Waals surface area contributed by atoms with Crippen LogP contribution in [0.2, 0.25) is 0 Å². The third-order valence-electron chi connectivity index (χ3n) is 4.24. The number of carbonyl (C=O) groups excluding carboxylic acids is 2. The molecule has 1 saturated heterocycles. The molecular formula is C16H18F3N3O5. The monoisotopic (exact) mass is 389 g/mol.